The highest BCUT2D eigenvalue weighted by Crippen LogP contribution is 2.41. The van der Waals surface area contributed by atoms with Crippen LogP contribution in [0.5, 0.6) is 11.5 Å². The van der Waals surface area contributed by atoms with E-state index in [-0.39, 0.29) is 58.7 Å². The first-order valence-corrected chi connectivity index (χ1v) is 20.2. The number of aryl methyl sites for hydroxylation is 2. The largest absolute Gasteiger partial charge is 0.454 e. The number of carbonyl (C=O) groups is 1. The van der Waals surface area contributed by atoms with Crippen molar-refractivity contribution < 1.29 is 31.6 Å². The van der Waals surface area contributed by atoms with Gasteiger partial charge in [-0.2, -0.15) is 5.10 Å². The second-order valence-electron chi connectivity index (χ2n) is 15.9. The van der Waals surface area contributed by atoms with Crippen molar-refractivity contribution in [3.05, 3.63) is 94.9 Å². The minimum atomic E-state index is -3.60. The van der Waals surface area contributed by atoms with Crippen molar-refractivity contribution in [2.24, 2.45) is 18.4 Å². The number of hydroxylamine groups is 1. The maximum Gasteiger partial charge on any atom is 0.246 e. The van der Waals surface area contributed by atoms with Crippen LogP contribution in [0.15, 0.2) is 60.8 Å². The third kappa shape index (κ3) is 8.52. The fourth-order valence-corrected chi connectivity index (χ4v) is 9.35. The van der Waals surface area contributed by atoms with Crippen molar-refractivity contribution >= 4 is 26.6 Å². The van der Waals surface area contributed by atoms with Crippen LogP contribution in [0, 0.1) is 23.0 Å². The molecule has 1 aliphatic rings. The molecule has 54 heavy (non-hydrogen) atoms. The zero-order valence-corrected chi connectivity index (χ0v) is 32.7. The number of nitrogens with zero attached hydrogens (tertiary/aromatic N) is 3. The Morgan fingerprint density at radius 3 is 2.59 bits per heavy atom. The Labute approximate surface area is 315 Å². The first-order valence-electron chi connectivity index (χ1n) is 18.4. The summed E-state index contributed by atoms with van der Waals surface area (Å²) in [7, 11) is -1.90. The van der Waals surface area contributed by atoms with Gasteiger partial charge in [0.2, 0.25) is 5.91 Å². The first-order chi connectivity index (χ1) is 25.4. The molecule has 1 aliphatic heterocycles. The number of rotatable bonds is 6. The summed E-state index contributed by atoms with van der Waals surface area (Å²) in [5, 5.41) is 5.50. The Morgan fingerprint density at radius 2 is 1.83 bits per heavy atom. The van der Waals surface area contributed by atoms with Crippen LogP contribution in [-0.2, 0) is 44.8 Å². The molecule has 4 bridgehead atoms. The van der Waals surface area contributed by atoms with Gasteiger partial charge in [-0.3, -0.25) is 9.63 Å². The molecular weight excluding hydrogens is 713 g/mol. The highest BCUT2D eigenvalue weighted by molar-refractivity contribution is 7.91. The number of sulfone groups is 1. The minimum Gasteiger partial charge on any atom is -0.454 e. The van der Waals surface area contributed by atoms with Crippen LogP contribution in [0.1, 0.15) is 83.3 Å². The van der Waals surface area contributed by atoms with E-state index in [1.807, 2.05) is 65.8 Å². The molecule has 2 N–H and O–H groups in total. The van der Waals surface area contributed by atoms with E-state index >= 15 is 8.78 Å². The first kappa shape index (κ1) is 39.1. The molecule has 13 heteroatoms. The molecule has 0 fully saturated rings. The lowest BCUT2D eigenvalue weighted by Gasteiger charge is -2.31. The maximum atomic E-state index is 15.7. The van der Waals surface area contributed by atoms with Gasteiger partial charge in [-0.15, -0.1) is 0 Å². The lowest BCUT2D eigenvalue weighted by molar-refractivity contribution is -0.140. The third-order valence-electron chi connectivity index (χ3n) is 10.3. The highest BCUT2D eigenvalue weighted by atomic mass is 32.2. The molecule has 0 aliphatic carbocycles. The summed E-state index contributed by atoms with van der Waals surface area (Å²) >= 11 is 0. The summed E-state index contributed by atoms with van der Waals surface area (Å²) in [6, 6.07) is 15.1. The van der Waals surface area contributed by atoms with Gasteiger partial charge in [0, 0.05) is 41.7 Å². The lowest BCUT2D eigenvalue weighted by atomic mass is 9.75. The summed E-state index contributed by atoms with van der Waals surface area (Å²) in [5.74, 6) is -1.31. The number of carbonyl (C=O) groups excluding carboxylic acids is 1. The average molecular weight is 762 g/mol. The number of aromatic nitrogens is 4. The van der Waals surface area contributed by atoms with E-state index in [1.165, 1.54) is 28.9 Å². The molecule has 3 aromatic carbocycles. The van der Waals surface area contributed by atoms with Crippen molar-refractivity contribution in [2.75, 3.05) is 11.5 Å². The predicted molar refractivity (Wildman–Crippen MR) is 205 cm³/mol. The lowest BCUT2D eigenvalue weighted by Crippen LogP contribution is -2.32. The summed E-state index contributed by atoms with van der Waals surface area (Å²) in [4.78, 5) is 26.0. The molecule has 0 saturated heterocycles. The zero-order chi connectivity index (χ0) is 39.0. The molecule has 1 unspecified atom stereocenters. The fraction of sp³-hybridized carbons (Fsp3) is 0.439. The normalized spacial score (nSPS) is 19.4. The van der Waals surface area contributed by atoms with E-state index < -0.39 is 32.3 Å². The van der Waals surface area contributed by atoms with Gasteiger partial charge in [-0.25, -0.2) is 32.3 Å². The van der Waals surface area contributed by atoms with Gasteiger partial charge in [0.15, 0.2) is 33.1 Å². The van der Waals surface area contributed by atoms with Crippen molar-refractivity contribution in [1.82, 2.24) is 25.2 Å². The SMILES string of the molecule is CC(C)ONC(=O)[C@@H](C)Cc1cccc(C2(C)CCCC(C)(C)CS(=O)(=O)CCc3c(c(F)cc4[nH]ccc34)Oc3ccc(F)c(c3)-c3nc2nn3C)c1. The third-order valence-corrected chi connectivity index (χ3v) is 12.3. The second-order valence-corrected chi connectivity index (χ2v) is 18.0. The maximum absolute atomic E-state index is 15.7. The molecule has 1 amide bonds. The molecule has 10 nitrogen and oxygen atoms in total. The van der Waals surface area contributed by atoms with E-state index in [0.29, 0.717) is 48.0 Å². The van der Waals surface area contributed by atoms with Crippen LogP contribution in [0.25, 0.3) is 22.3 Å². The van der Waals surface area contributed by atoms with Crippen LogP contribution in [0.2, 0.25) is 0 Å². The van der Waals surface area contributed by atoms with Crippen LogP contribution in [0.3, 0.4) is 0 Å². The number of H-pyrrole nitrogens is 1. The number of halogens is 2. The van der Waals surface area contributed by atoms with Crippen molar-refractivity contribution in [3.63, 3.8) is 0 Å². The predicted octanol–water partition coefficient (Wildman–Crippen LogP) is 8.14. The van der Waals surface area contributed by atoms with Crippen molar-refractivity contribution in [1.29, 1.82) is 0 Å². The zero-order valence-electron chi connectivity index (χ0n) is 31.9. The van der Waals surface area contributed by atoms with E-state index in [9.17, 15) is 13.2 Å². The minimum absolute atomic E-state index is 0.0278. The molecule has 2 aromatic heterocycles. The Morgan fingerprint density at radius 1 is 1.06 bits per heavy atom. The summed E-state index contributed by atoms with van der Waals surface area (Å²) in [6.45, 7) is 11.4. The van der Waals surface area contributed by atoms with E-state index in [4.69, 9.17) is 19.7 Å². The van der Waals surface area contributed by atoms with Crippen LogP contribution in [-0.4, -0.2) is 51.7 Å². The number of benzene rings is 3. The number of amides is 1. The molecule has 2 atom stereocenters. The standard InChI is InChI=1S/C41H49F2N5O5S/c1-25(2)53-47-38(49)26(3)20-27-10-8-11-28(21-27)41(6)17-9-16-40(4,5)24-54(50,51)19-15-31-30-14-18-44-35(30)23-34(43)36(31)52-29-12-13-33(42)32(22-29)37-45-39(41)46-48(37)7/h8,10-14,18,21-23,25-26,44H,9,15-17,19-20,24H2,1-7H3,(H,47,49)/t26-,41?/m0/s1. The molecule has 6 rings (SSSR count). The average Bonchev–Trinajstić information content (AvgIpc) is 3.73. The fourth-order valence-electron chi connectivity index (χ4n) is 7.36. The number of hydrogen-bond donors (Lipinski definition) is 2. The Balaban J connectivity index is 1.44. The quantitative estimate of drug-likeness (QED) is 0.167. The molecular formula is C41H49F2N5O5S. The van der Waals surface area contributed by atoms with E-state index in [0.717, 1.165) is 11.1 Å². The second kappa shape index (κ2) is 15.3. The van der Waals surface area contributed by atoms with Gasteiger partial charge in [-0.05, 0) is 87.3 Å². The monoisotopic (exact) mass is 761 g/mol. The van der Waals surface area contributed by atoms with Crippen LogP contribution < -0.4 is 10.2 Å². The van der Waals surface area contributed by atoms with Gasteiger partial charge in [0.05, 0.1) is 28.6 Å². The summed E-state index contributed by atoms with van der Waals surface area (Å²) in [6.07, 6.45) is 3.79. The smallest absolute Gasteiger partial charge is 0.246 e. The summed E-state index contributed by atoms with van der Waals surface area (Å²) in [5.41, 5.74) is 4.05. The van der Waals surface area contributed by atoms with Crippen LogP contribution in [0.4, 0.5) is 8.78 Å². The highest BCUT2D eigenvalue weighted by Gasteiger charge is 2.36. The number of aromatic amines is 1. The van der Waals surface area contributed by atoms with Gasteiger partial charge >= 0.3 is 0 Å². The van der Waals surface area contributed by atoms with Crippen molar-refractivity contribution in [2.45, 2.75) is 85.2 Å². The van der Waals surface area contributed by atoms with Gasteiger partial charge in [0.25, 0.3) is 0 Å². The van der Waals surface area contributed by atoms with Gasteiger partial charge in [0.1, 0.15) is 11.6 Å². The van der Waals surface area contributed by atoms with Gasteiger partial charge in [-0.1, -0.05) is 51.5 Å². The van der Waals surface area contributed by atoms with E-state index in [1.54, 1.807) is 19.3 Å². The molecule has 0 spiro atoms. The Kier molecular flexibility index (Phi) is 11.0. The van der Waals surface area contributed by atoms with E-state index in [2.05, 4.69) is 10.5 Å². The van der Waals surface area contributed by atoms with Crippen molar-refractivity contribution in [3.8, 4) is 22.9 Å². The van der Waals surface area contributed by atoms with Gasteiger partial charge < -0.3 is 9.72 Å². The topological polar surface area (TPSA) is 128 Å². The molecule has 0 saturated carbocycles. The summed E-state index contributed by atoms with van der Waals surface area (Å²) < 4.78 is 66.5. The Hall–Kier alpha value is -4.62. The number of nitrogens with one attached hydrogen (secondary N) is 2. The molecule has 288 valence electrons. The number of ether oxygens (including phenoxy) is 1. The number of hydrogen-bond acceptors (Lipinski definition) is 7. The molecule has 3 heterocycles. The van der Waals surface area contributed by atoms with Crippen LogP contribution >= 0.6 is 0 Å². The molecule has 0 radical (unpaired) electrons. The molecule has 5 aromatic rings. The Bertz CT molecular complexity index is 2280. The number of fused-ring (bicyclic) bond motifs is 8.